The quantitative estimate of drug-likeness (QED) is 0.549. The number of hydrogen-bond acceptors (Lipinski definition) is 6. The SMILES string of the molecule is CCOc1ccc(N(CC(=O)N[C@H]2C[C@@H]3CC[C@@H]2C3)S(=O)(=O)c2ccc(OC)c(OC)c2)cc1. The number of nitrogens with zero attached hydrogens (tertiary/aromatic N) is 1. The van der Waals surface area contributed by atoms with Gasteiger partial charge >= 0.3 is 0 Å². The molecule has 0 unspecified atom stereocenters. The molecule has 8 nitrogen and oxygen atoms in total. The Kier molecular flexibility index (Phi) is 7.21. The van der Waals surface area contributed by atoms with Gasteiger partial charge in [0.05, 0.1) is 31.4 Å². The van der Waals surface area contributed by atoms with Gasteiger partial charge in [-0.1, -0.05) is 6.42 Å². The number of benzene rings is 2. The first-order chi connectivity index (χ1) is 16.3. The zero-order valence-electron chi connectivity index (χ0n) is 19.8. The van der Waals surface area contributed by atoms with E-state index in [9.17, 15) is 13.2 Å². The van der Waals surface area contributed by atoms with Crippen LogP contribution < -0.4 is 23.8 Å². The van der Waals surface area contributed by atoms with E-state index in [4.69, 9.17) is 14.2 Å². The molecule has 2 aromatic carbocycles. The third kappa shape index (κ3) is 4.94. The first-order valence-corrected chi connectivity index (χ1v) is 13.1. The third-order valence-corrected chi connectivity index (χ3v) is 8.52. The average molecular weight is 489 g/mol. The van der Waals surface area contributed by atoms with Crippen molar-refractivity contribution < 1.29 is 27.4 Å². The van der Waals surface area contributed by atoms with Crippen LogP contribution in [0.1, 0.15) is 32.6 Å². The van der Waals surface area contributed by atoms with E-state index in [-0.39, 0.29) is 23.4 Å². The molecule has 1 N–H and O–H groups in total. The van der Waals surface area contributed by atoms with Gasteiger partial charge in [0.1, 0.15) is 12.3 Å². The maximum atomic E-state index is 13.7. The molecule has 34 heavy (non-hydrogen) atoms. The first-order valence-electron chi connectivity index (χ1n) is 11.6. The molecule has 2 bridgehead atoms. The van der Waals surface area contributed by atoms with Crippen LogP contribution in [0.2, 0.25) is 0 Å². The average Bonchev–Trinajstić information content (AvgIpc) is 3.46. The third-order valence-electron chi connectivity index (χ3n) is 6.75. The summed E-state index contributed by atoms with van der Waals surface area (Å²) in [5.41, 5.74) is 0.376. The number of amides is 1. The molecule has 0 saturated heterocycles. The van der Waals surface area contributed by atoms with Crippen LogP contribution in [0, 0.1) is 11.8 Å². The van der Waals surface area contributed by atoms with Crippen molar-refractivity contribution in [1.82, 2.24) is 5.32 Å². The molecular weight excluding hydrogens is 456 g/mol. The summed E-state index contributed by atoms with van der Waals surface area (Å²) in [5.74, 6) is 2.20. The molecule has 2 aromatic rings. The van der Waals surface area contributed by atoms with Gasteiger partial charge < -0.3 is 19.5 Å². The fourth-order valence-corrected chi connectivity index (χ4v) is 6.54. The number of methoxy groups -OCH3 is 2. The van der Waals surface area contributed by atoms with E-state index < -0.39 is 10.0 Å². The monoisotopic (exact) mass is 488 g/mol. The Hall–Kier alpha value is -2.94. The number of nitrogens with one attached hydrogen (secondary N) is 1. The summed E-state index contributed by atoms with van der Waals surface area (Å²) in [5, 5.41) is 3.09. The number of hydrogen-bond donors (Lipinski definition) is 1. The second-order valence-corrected chi connectivity index (χ2v) is 10.7. The number of anilines is 1. The van der Waals surface area contributed by atoms with Crippen molar-refractivity contribution >= 4 is 21.6 Å². The lowest BCUT2D eigenvalue weighted by Gasteiger charge is -2.27. The number of sulfonamides is 1. The number of carbonyl (C=O) groups excluding carboxylic acids is 1. The normalized spacial score (nSPS) is 21.2. The largest absolute Gasteiger partial charge is 0.494 e. The van der Waals surface area contributed by atoms with Crippen LogP contribution >= 0.6 is 0 Å². The summed E-state index contributed by atoms with van der Waals surface area (Å²) in [7, 11) is -1.15. The van der Waals surface area contributed by atoms with Gasteiger partial charge in [-0.25, -0.2) is 8.42 Å². The molecule has 0 aliphatic heterocycles. The van der Waals surface area contributed by atoms with E-state index in [1.165, 1.54) is 38.8 Å². The van der Waals surface area contributed by atoms with Crippen LogP contribution in [0.25, 0.3) is 0 Å². The fourth-order valence-electron chi connectivity index (χ4n) is 5.10. The first kappa shape index (κ1) is 24.2. The van der Waals surface area contributed by atoms with Crippen molar-refractivity contribution in [2.24, 2.45) is 11.8 Å². The van der Waals surface area contributed by atoms with E-state index in [2.05, 4.69) is 5.32 Å². The Labute approximate surface area is 201 Å². The highest BCUT2D eigenvalue weighted by Crippen LogP contribution is 2.44. The smallest absolute Gasteiger partial charge is 0.264 e. The highest BCUT2D eigenvalue weighted by molar-refractivity contribution is 7.92. The predicted octanol–water partition coefficient (Wildman–Crippen LogP) is 3.60. The van der Waals surface area contributed by atoms with Gasteiger partial charge in [-0.15, -0.1) is 0 Å². The Morgan fingerprint density at radius 1 is 1.03 bits per heavy atom. The molecule has 2 saturated carbocycles. The number of fused-ring (bicyclic) bond motifs is 2. The Balaban J connectivity index is 1.63. The summed E-state index contributed by atoms with van der Waals surface area (Å²) in [6.07, 6.45) is 4.48. The van der Waals surface area contributed by atoms with Crippen molar-refractivity contribution in [3.8, 4) is 17.2 Å². The molecular formula is C25H32N2O6S. The van der Waals surface area contributed by atoms with Crippen LogP contribution in [-0.4, -0.2) is 47.7 Å². The van der Waals surface area contributed by atoms with Gasteiger partial charge in [-0.05, 0) is 74.4 Å². The molecule has 1 amide bonds. The standard InChI is InChI=1S/C25H32N2O6S/c1-4-33-20-9-7-19(8-10-20)27(16-25(28)26-22-14-17-5-6-18(22)13-17)34(29,30)21-11-12-23(31-2)24(15-21)32-3/h7-12,15,17-18,22H,4-6,13-14,16H2,1-3H3,(H,26,28)/t17-,18-,22+/m1/s1. The minimum absolute atomic E-state index is 0.00626. The van der Waals surface area contributed by atoms with Gasteiger partial charge in [0.2, 0.25) is 5.91 Å². The van der Waals surface area contributed by atoms with E-state index in [0.29, 0.717) is 41.4 Å². The van der Waals surface area contributed by atoms with Gasteiger partial charge in [-0.3, -0.25) is 9.10 Å². The fraction of sp³-hybridized carbons (Fsp3) is 0.480. The maximum absolute atomic E-state index is 13.7. The highest BCUT2D eigenvalue weighted by atomic mass is 32.2. The van der Waals surface area contributed by atoms with E-state index in [1.54, 1.807) is 24.3 Å². The van der Waals surface area contributed by atoms with Gasteiger partial charge in [0.25, 0.3) is 10.0 Å². The van der Waals surface area contributed by atoms with Crippen molar-refractivity contribution in [1.29, 1.82) is 0 Å². The van der Waals surface area contributed by atoms with Crippen molar-refractivity contribution in [2.45, 2.75) is 43.5 Å². The van der Waals surface area contributed by atoms with E-state index >= 15 is 0 Å². The molecule has 4 rings (SSSR count). The van der Waals surface area contributed by atoms with Crippen molar-refractivity contribution in [2.75, 3.05) is 31.7 Å². The number of carbonyl (C=O) groups is 1. The molecule has 2 aliphatic carbocycles. The minimum atomic E-state index is -4.08. The Morgan fingerprint density at radius 3 is 2.35 bits per heavy atom. The maximum Gasteiger partial charge on any atom is 0.264 e. The van der Waals surface area contributed by atoms with E-state index in [0.717, 1.165) is 23.6 Å². The van der Waals surface area contributed by atoms with Crippen LogP contribution in [-0.2, 0) is 14.8 Å². The lowest BCUT2D eigenvalue weighted by atomic mass is 9.95. The summed E-state index contributed by atoms with van der Waals surface area (Å²) >= 11 is 0. The lowest BCUT2D eigenvalue weighted by molar-refractivity contribution is -0.120. The summed E-state index contributed by atoms with van der Waals surface area (Å²) in [6, 6.07) is 11.2. The molecule has 0 spiro atoms. The Morgan fingerprint density at radius 2 is 1.76 bits per heavy atom. The van der Waals surface area contributed by atoms with Gasteiger partial charge in [0, 0.05) is 12.1 Å². The second-order valence-electron chi connectivity index (χ2n) is 8.80. The van der Waals surface area contributed by atoms with Crippen LogP contribution in [0.15, 0.2) is 47.4 Å². The second kappa shape index (κ2) is 10.1. The molecule has 2 aliphatic rings. The topological polar surface area (TPSA) is 94.2 Å². The van der Waals surface area contributed by atoms with Gasteiger partial charge in [-0.2, -0.15) is 0 Å². The van der Waals surface area contributed by atoms with E-state index in [1.807, 2.05) is 6.92 Å². The minimum Gasteiger partial charge on any atom is -0.494 e. The molecule has 9 heteroatoms. The molecule has 184 valence electrons. The van der Waals surface area contributed by atoms with Crippen molar-refractivity contribution in [3.63, 3.8) is 0 Å². The molecule has 3 atom stereocenters. The zero-order chi connectivity index (χ0) is 24.3. The van der Waals surface area contributed by atoms with Crippen LogP contribution in [0.5, 0.6) is 17.2 Å². The van der Waals surface area contributed by atoms with Crippen LogP contribution in [0.4, 0.5) is 5.69 Å². The number of ether oxygens (including phenoxy) is 3. The van der Waals surface area contributed by atoms with Crippen molar-refractivity contribution in [3.05, 3.63) is 42.5 Å². The predicted molar refractivity (Wildman–Crippen MR) is 129 cm³/mol. The summed E-state index contributed by atoms with van der Waals surface area (Å²) in [6.45, 7) is 2.05. The molecule has 0 radical (unpaired) electrons. The summed E-state index contributed by atoms with van der Waals surface area (Å²) in [4.78, 5) is 13.0. The molecule has 2 fully saturated rings. The lowest BCUT2D eigenvalue weighted by Crippen LogP contribution is -2.46. The summed E-state index contributed by atoms with van der Waals surface area (Å²) < 4.78 is 44.6. The highest BCUT2D eigenvalue weighted by Gasteiger charge is 2.40. The van der Waals surface area contributed by atoms with Gasteiger partial charge in [0.15, 0.2) is 11.5 Å². The van der Waals surface area contributed by atoms with Crippen LogP contribution in [0.3, 0.4) is 0 Å². The number of rotatable bonds is 10. The molecule has 0 aromatic heterocycles. The molecule has 0 heterocycles. The zero-order valence-corrected chi connectivity index (χ0v) is 20.6. The Bertz CT molecular complexity index is 1120.